The van der Waals surface area contributed by atoms with E-state index in [1.807, 2.05) is 0 Å². The normalized spacial score (nSPS) is 40.8. The van der Waals surface area contributed by atoms with Crippen molar-refractivity contribution in [1.82, 2.24) is 10.2 Å². The molecule has 106 valence electrons. The fourth-order valence-electron chi connectivity index (χ4n) is 3.98. The van der Waals surface area contributed by atoms with E-state index >= 15 is 0 Å². The number of likely N-dealkylation sites (N-methyl/N-ethyl adjacent to an activating group) is 1. The molecule has 0 spiro atoms. The Balaban J connectivity index is 1.82. The Kier molecular flexibility index (Phi) is 4.71. The summed E-state index contributed by atoms with van der Waals surface area (Å²) in [6, 6.07) is 0.755. The largest absolute Gasteiger partial charge is 0.312 e. The van der Waals surface area contributed by atoms with Crippen LogP contribution in [0.5, 0.6) is 0 Å². The molecule has 2 aliphatic rings. The zero-order valence-electron chi connectivity index (χ0n) is 12.8. The molecule has 0 radical (unpaired) electrons. The molecule has 0 amide bonds. The van der Waals surface area contributed by atoms with Gasteiger partial charge in [-0.3, -0.25) is 4.90 Å². The average Bonchev–Trinajstić information content (AvgIpc) is 2.88. The van der Waals surface area contributed by atoms with Crippen LogP contribution in [-0.2, 0) is 0 Å². The summed E-state index contributed by atoms with van der Waals surface area (Å²) in [5.41, 5.74) is 0.395. The predicted octanol–water partition coefficient (Wildman–Crippen LogP) is 3.28. The van der Waals surface area contributed by atoms with Gasteiger partial charge in [0.05, 0.1) is 0 Å². The van der Waals surface area contributed by atoms with Gasteiger partial charge in [-0.05, 0) is 51.5 Å². The van der Waals surface area contributed by atoms with E-state index < -0.39 is 0 Å². The van der Waals surface area contributed by atoms with E-state index in [4.69, 9.17) is 0 Å². The van der Waals surface area contributed by atoms with Crippen molar-refractivity contribution in [1.29, 1.82) is 0 Å². The van der Waals surface area contributed by atoms with Gasteiger partial charge in [-0.1, -0.05) is 26.7 Å². The zero-order chi connectivity index (χ0) is 13.2. The second-order valence-corrected chi connectivity index (χ2v) is 7.23. The SMILES string of the molecule is CCCC1CC(C)(N(C)CC2CCC(C)C2)CN1. The van der Waals surface area contributed by atoms with E-state index in [0.717, 1.165) is 17.9 Å². The van der Waals surface area contributed by atoms with Crippen LogP contribution in [0.15, 0.2) is 0 Å². The standard InChI is InChI=1S/C16H32N2/c1-5-6-15-10-16(3,12-17-15)18(4)11-14-8-7-13(2)9-14/h13-15,17H,5-12H2,1-4H3. The maximum absolute atomic E-state index is 3.72. The Hall–Kier alpha value is -0.0800. The highest BCUT2D eigenvalue weighted by molar-refractivity contribution is 4.98. The molecule has 4 unspecified atom stereocenters. The molecule has 1 aliphatic heterocycles. The van der Waals surface area contributed by atoms with Crippen molar-refractivity contribution in [2.75, 3.05) is 20.1 Å². The number of rotatable bonds is 5. The first-order valence-electron chi connectivity index (χ1n) is 7.98. The molecule has 4 atom stereocenters. The van der Waals surface area contributed by atoms with Crippen LogP contribution >= 0.6 is 0 Å². The highest BCUT2D eigenvalue weighted by atomic mass is 15.2. The monoisotopic (exact) mass is 252 g/mol. The van der Waals surface area contributed by atoms with Gasteiger partial charge in [-0.25, -0.2) is 0 Å². The van der Waals surface area contributed by atoms with Crippen LogP contribution in [0.25, 0.3) is 0 Å². The molecule has 2 rings (SSSR count). The predicted molar refractivity (Wildman–Crippen MR) is 78.9 cm³/mol. The Morgan fingerprint density at radius 3 is 2.72 bits per heavy atom. The quantitative estimate of drug-likeness (QED) is 0.808. The maximum Gasteiger partial charge on any atom is 0.0317 e. The molecule has 18 heavy (non-hydrogen) atoms. The first kappa shape index (κ1) is 14.3. The number of nitrogens with zero attached hydrogens (tertiary/aromatic N) is 1. The molecular weight excluding hydrogens is 220 g/mol. The molecule has 2 nitrogen and oxygen atoms in total. The van der Waals surface area contributed by atoms with Crippen molar-refractivity contribution in [3.8, 4) is 0 Å². The van der Waals surface area contributed by atoms with Crippen LogP contribution in [0.3, 0.4) is 0 Å². The van der Waals surface area contributed by atoms with Crippen LogP contribution < -0.4 is 5.32 Å². The summed E-state index contributed by atoms with van der Waals surface area (Å²) in [6.07, 6.45) is 8.33. The van der Waals surface area contributed by atoms with Crippen molar-refractivity contribution in [3.63, 3.8) is 0 Å². The molecule has 0 aromatic rings. The van der Waals surface area contributed by atoms with E-state index in [0.29, 0.717) is 5.54 Å². The zero-order valence-corrected chi connectivity index (χ0v) is 12.8. The molecule has 1 saturated carbocycles. The molecule has 0 bridgehead atoms. The van der Waals surface area contributed by atoms with E-state index in [9.17, 15) is 0 Å². The summed E-state index contributed by atoms with van der Waals surface area (Å²) in [5, 5.41) is 3.72. The van der Waals surface area contributed by atoms with Crippen molar-refractivity contribution < 1.29 is 0 Å². The number of nitrogens with one attached hydrogen (secondary N) is 1. The third-order valence-electron chi connectivity index (χ3n) is 5.35. The molecule has 2 fully saturated rings. The first-order valence-corrected chi connectivity index (χ1v) is 7.98. The molecule has 1 heterocycles. The topological polar surface area (TPSA) is 15.3 Å². The lowest BCUT2D eigenvalue weighted by Gasteiger charge is -2.37. The summed E-state index contributed by atoms with van der Waals surface area (Å²) >= 11 is 0. The smallest absolute Gasteiger partial charge is 0.0317 e. The van der Waals surface area contributed by atoms with Crippen LogP contribution in [0, 0.1) is 11.8 Å². The number of hydrogen-bond acceptors (Lipinski definition) is 2. The maximum atomic E-state index is 3.72. The molecule has 0 aromatic carbocycles. The molecule has 1 N–H and O–H groups in total. The van der Waals surface area contributed by atoms with Gasteiger partial charge in [0.25, 0.3) is 0 Å². The van der Waals surface area contributed by atoms with Crippen LogP contribution in [0.2, 0.25) is 0 Å². The van der Waals surface area contributed by atoms with Crippen molar-refractivity contribution in [2.45, 2.75) is 70.9 Å². The molecule has 0 aromatic heterocycles. The van der Waals surface area contributed by atoms with Gasteiger partial charge < -0.3 is 5.32 Å². The minimum atomic E-state index is 0.395. The Morgan fingerprint density at radius 2 is 2.11 bits per heavy atom. The Labute approximate surface area is 114 Å². The molecular formula is C16H32N2. The minimum Gasteiger partial charge on any atom is -0.312 e. The van der Waals surface area contributed by atoms with Gasteiger partial charge >= 0.3 is 0 Å². The van der Waals surface area contributed by atoms with Gasteiger partial charge in [-0.2, -0.15) is 0 Å². The Morgan fingerprint density at radius 1 is 1.33 bits per heavy atom. The average molecular weight is 252 g/mol. The van der Waals surface area contributed by atoms with Crippen LogP contribution in [0.1, 0.15) is 59.3 Å². The fraction of sp³-hybridized carbons (Fsp3) is 1.00. The van der Waals surface area contributed by atoms with Crippen molar-refractivity contribution >= 4 is 0 Å². The van der Waals surface area contributed by atoms with Crippen molar-refractivity contribution in [2.24, 2.45) is 11.8 Å². The van der Waals surface area contributed by atoms with Gasteiger partial charge in [0.2, 0.25) is 0 Å². The molecule has 1 aliphatic carbocycles. The lowest BCUT2D eigenvalue weighted by Crippen LogP contribution is -2.47. The molecule has 2 heteroatoms. The second kappa shape index (κ2) is 5.92. The summed E-state index contributed by atoms with van der Waals surface area (Å²) in [4.78, 5) is 2.65. The van der Waals surface area contributed by atoms with E-state index in [1.165, 1.54) is 51.6 Å². The minimum absolute atomic E-state index is 0.395. The van der Waals surface area contributed by atoms with Gasteiger partial charge in [0, 0.05) is 24.7 Å². The lowest BCUT2D eigenvalue weighted by molar-refractivity contribution is 0.129. The highest BCUT2D eigenvalue weighted by Crippen LogP contribution is 2.34. The van der Waals surface area contributed by atoms with Crippen LogP contribution in [-0.4, -0.2) is 36.6 Å². The Bertz CT molecular complexity index is 266. The van der Waals surface area contributed by atoms with Gasteiger partial charge in [-0.15, -0.1) is 0 Å². The molecule has 1 saturated heterocycles. The lowest BCUT2D eigenvalue weighted by atomic mass is 9.93. The highest BCUT2D eigenvalue weighted by Gasteiger charge is 2.38. The third-order valence-corrected chi connectivity index (χ3v) is 5.35. The summed E-state index contributed by atoms with van der Waals surface area (Å²) in [6.45, 7) is 9.64. The van der Waals surface area contributed by atoms with Gasteiger partial charge in [0.15, 0.2) is 0 Å². The first-order chi connectivity index (χ1) is 8.53. The summed E-state index contributed by atoms with van der Waals surface area (Å²) in [7, 11) is 2.35. The fourth-order valence-corrected chi connectivity index (χ4v) is 3.98. The number of hydrogen-bond donors (Lipinski definition) is 1. The summed E-state index contributed by atoms with van der Waals surface area (Å²) < 4.78 is 0. The third kappa shape index (κ3) is 3.27. The van der Waals surface area contributed by atoms with Crippen LogP contribution in [0.4, 0.5) is 0 Å². The van der Waals surface area contributed by atoms with E-state index in [-0.39, 0.29) is 0 Å². The van der Waals surface area contributed by atoms with Gasteiger partial charge in [0.1, 0.15) is 0 Å². The van der Waals surface area contributed by atoms with E-state index in [1.54, 1.807) is 0 Å². The van der Waals surface area contributed by atoms with E-state index in [2.05, 4.69) is 38.0 Å². The second-order valence-electron chi connectivity index (χ2n) is 7.23. The van der Waals surface area contributed by atoms with Crippen molar-refractivity contribution in [3.05, 3.63) is 0 Å². The summed E-state index contributed by atoms with van der Waals surface area (Å²) in [5.74, 6) is 1.91.